The number of hydrogen-bond acceptors (Lipinski definition) is 3. The van der Waals surface area contributed by atoms with Crippen molar-refractivity contribution in [3.8, 4) is 5.75 Å². The average Bonchev–Trinajstić information content (AvgIpc) is 2.58. The van der Waals surface area contributed by atoms with Crippen LogP contribution in [-0.2, 0) is 4.79 Å². The lowest BCUT2D eigenvalue weighted by Gasteiger charge is -2.08. The molecule has 1 aliphatic rings. The zero-order chi connectivity index (χ0) is 9.97. The molecule has 0 aliphatic carbocycles. The van der Waals surface area contributed by atoms with E-state index in [1.165, 1.54) is 0 Å². The van der Waals surface area contributed by atoms with Crippen LogP contribution < -0.4 is 15.8 Å². The van der Waals surface area contributed by atoms with Gasteiger partial charge in [0.15, 0.2) is 0 Å². The predicted octanol–water partition coefficient (Wildman–Crippen LogP) is 0.195. The maximum absolute atomic E-state index is 10.6. The smallest absolute Gasteiger partial charge is 0.231 e. The van der Waals surface area contributed by atoms with Crippen LogP contribution in [0.5, 0.6) is 5.75 Å². The van der Waals surface area contributed by atoms with Crippen molar-refractivity contribution in [2.24, 2.45) is 5.73 Å². The van der Waals surface area contributed by atoms with E-state index < -0.39 is 0 Å². The number of fused-ring (bicyclic) bond motifs is 1. The molecule has 4 nitrogen and oxygen atoms in total. The summed E-state index contributed by atoms with van der Waals surface area (Å²) in [5, 5.41) is 3.04. The molecular formula is C10H12N2O2. The average molecular weight is 192 g/mol. The second-order valence-corrected chi connectivity index (χ2v) is 3.25. The van der Waals surface area contributed by atoms with Gasteiger partial charge >= 0.3 is 0 Å². The van der Waals surface area contributed by atoms with Crippen LogP contribution in [0.4, 0.5) is 0 Å². The lowest BCUT2D eigenvalue weighted by molar-refractivity contribution is -0.117. The Bertz CT molecular complexity index is 352. The van der Waals surface area contributed by atoms with Gasteiger partial charge in [-0.3, -0.25) is 10.1 Å². The first-order valence-corrected chi connectivity index (χ1v) is 4.51. The molecule has 1 heterocycles. The van der Waals surface area contributed by atoms with E-state index in [9.17, 15) is 4.79 Å². The summed E-state index contributed by atoms with van der Waals surface area (Å²) in [4.78, 5) is 10.6. The van der Waals surface area contributed by atoms with Gasteiger partial charge in [-0.15, -0.1) is 0 Å². The predicted molar refractivity (Wildman–Crippen MR) is 51.9 cm³/mol. The lowest BCUT2D eigenvalue weighted by Crippen LogP contribution is -2.32. The molecule has 4 heteroatoms. The quantitative estimate of drug-likeness (QED) is 0.718. The Hall–Kier alpha value is -1.55. The van der Waals surface area contributed by atoms with E-state index in [4.69, 9.17) is 10.5 Å². The summed E-state index contributed by atoms with van der Waals surface area (Å²) < 4.78 is 5.43. The molecular weight excluding hydrogens is 180 g/mol. The highest BCUT2D eigenvalue weighted by Crippen LogP contribution is 2.31. The summed E-state index contributed by atoms with van der Waals surface area (Å²) in [6.45, 7) is 0.745. The number of nitrogens with one attached hydrogen (secondary N) is 1. The van der Waals surface area contributed by atoms with Crippen LogP contribution in [0.15, 0.2) is 24.3 Å². The van der Waals surface area contributed by atoms with Gasteiger partial charge in [-0.05, 0) is 6.07 Å². The van der Waals surface area contributed by atoms with Crippen LogP contribution >= 0.6 is 0 Å². The summed E-state index contributed by atoms with van der Waals surface area (Å²) >= 11 is 0. The minimum Gasteiger partial charge on any atom is -0.491 e. The highest BCUT2D eigenvalue weighted by Gasteiger charge is 2.22. The lowest BCUT2D eigenvalue weighted by atomic mass is 10.1. The number of primary amides is 1. The Morgan fingerprint density at radius 2 is 2.36 bits per heavy atom. The van der Waals surface area contributed by atoms with Gasteiger partial charge in [0, 0.05) is 5.56 Å². The van der Waals surface area contributed by atoms with Crippen molar-refractivity contribution >= 4 is 5.91 Å². The molecule has 1 aromatic carbocycles. The SMILES string of the molecule is NC(=O)CNC1COc2ccccc21. The fraction of sp³-hybridized carbons (Fsp3) is 0.300. The van der Waals surface area contributed by atoms with Gasteiger partial charge in [-0.1, -0.05) is 18.2 Å². The third kappa shape index (κ3) is 1.70. The van der Waals surface area contributed by atoms with E-state index in [1.807, 2.05) is 24.3 Å². The second-order valence-electron chi connectivity index (χ2n) is 3.25. The van der Waals surface area contributed by atoms with Crippen LogP contribution in [0, 0.1) is 0 Å². The maximum Gasteiger partial charge on any atom is 0.231 e. The zero-order valence-corrected chi connectivity index (χ0v) is 7.69. The number of ether oxygens (including phenoxy) is 1. The fourth-order valence-corrected chi connectivity index (χ4v) is 1.56. The Morgan fingerprint density at radius 3 is 3.14 bits per heavy atom. The van der Waals surface area contributed by atoms with Gasteiger partial charge in [0.2, 0.25) is 5.91 Å². The minimum absolute atomic E-state index is 0.0821. The number of hydrogen-bond donors (Lipinski definition) is 2. The summed E-state index contributed by atoms with van der Waals surface area (Å²) in [6, 6.07) is 7.86. The molecule has 1 aromatic rings. The Kier molecular flexibility index (Phi) is 2.37. The van der Waals surface area contributed by atoms with Crippen LogP contribution in [0.2, 0.25) is 0 Å². The zero-order valence-electron chi connectivity index (χ0n) is 7.69. The number of rotatable bonds is 3. The molecule has 0 saturated carbocycles. The molecule has 0 fully saturated rings. The van der Waals surface area contributed by atoms with Crippen molar-refractivity contribution in [1.29, 1.82) is 0 Å². The van der Waals surface area contributed by atoms with Gasteiger partial charge in [0.25, 0.3) is 0 Å². The van der Waals surface area contributed by atoms with Crippen molar-refractivity contribution in [3.05, 3.63) is 29.8 Å². The number of carbonyl (C=O) groups is 1. The first kappa shape index (κ1) is 9.02. The van der Waals surface area contributed by atoms with Gasteiger partial charge < -0.3 is 10.5 Å². The highest BCUT2D eigenvalue weighted by atomic mass is 16.5. The largest absolute Gasteiger partial charge is 0.491 e. The molecule has 1 amide bonds. The minimum atomic E-state index is -0.352. The summed E-state index contributed by atoms with van der Waals surface area (Å²) in [7, 11) is 0. The van der Waals surface area contributed by atoms with Crippen molar-refractivity contribution < 1.29 is 9.53 Å². The van der Waals surface area contributed by atoms with Crippen molar-refractivity contribution in [3.63, 3.8) is 0 Å². The molecule has 1 atom stereocenters. The van der Waals surface area contributed by atoms with Crippen molar-refractivity contribution in [2.75, 3.05) is 13.2 Å². The first-order valence-electron chi connectivity index (χ1n) is 4.51. The van der Waals surface area contributed by atoms with Crippen molar-refractivity contribution in [1.82, 2.24) is 5.32 Å². The van der Waals surface area contributed by atoms with E-state index in [0.717, 1.165) is 11.3 Å². The highest BCUT2D eigenvalue weighted by molar-refractivity contribution is 5.76. The summed E-state index contributed by atoms with van der Waals surface area (Å²) in [5.74, 6) is 0.531. The van der Waals surface area contributed by atoms with Gasteiger partial charge in [-0.25, -0.2) is 0 Å². The standard InChI is InChI=1S/C10H12N2O2/c11-10(13)5-12-8-6-14-9-4-2-1-3-7(8)9/h1-4,8,12H,5-6H2,(H2,11,13). The van der Waals surface area contributed by atoms with Gasteiger partial charge in [0.05, 0.1) is 12.6 Å². The third-order valence-electron chi connectivity index (χ3n) is 2.22. The molecule has 2 rings (SSSR count). The van der Waals surface area contributed by atoms with Crippen LogP contribution in [-0.4, -0.2) is 19.1 Å². The molecule has 0 saturated heterocycles. The molecule has 0 radical (unpaired) electrons. The third-order valence-corrected chi connectivity index (χ3v) is 2.22. The Morgan fingerprint density at radius 1 is 1.57 bits per heavy atom. The number of nitrogens with two attached hydrogens (primary N) is 1. The molecule has 3 N–H and O–H groups in total. The Balaban J connectivity index is 2.07. The van der Waals surface area contributed by atoms with E-state index >= 15 is 0 Å². The molecule has 1 unspecified atom stereocenters. The monoisotopic (exact) mass is 192 g/mol. The number of amides is 1. The molecule has 1 aliphatic heterocycles. The number of benzene rings is 1. The van der Waals surface area contributed by atoms with E-state index in [2.05, 4.69) is 5.32 Å². The number of carbonyl (C=O) groups excluding carboxylic acids is 1. The fourth-order valence-electron chi connectivity index (χ4n) is 1.56. The summed E-state index contributed by atoms with van der Waals surface area (Å²) in [5.41, 5.74) is 6.14. The van der Waals surface area contributed by atoms with Crippen molar-refractivity contribution in [2.45, 2.75) is 6.04 Å². The first-order chi connectivity index (χ1) is 6.77. The van der Waals surface area contributed by atoms with Gasteiger partial charge in [-0.2, -0.15) is 0 Å². The molecule has 74 valence electrons. The molecule has 14 heavy (non-hydrogen) atoms. The van der Waals surface area contributed by atoms with Crippen LogP contribution in [0.3, 0.4) is 0 Å². The summed E-state index contributed by atoms with van der Waals surface area (Å²) in [6.07, 6.45) is 0. The van der Waals surface area contributed by atoms with E-state index in [0.29, 0.717) is 6.61 Å². The Labute approximate surface area is 82.1 Å². The van der Waals surface area contributed by atoms with E-state index in [-0.39, 0.29) is 18.5 Å². The van der Waals surface area contributed by atoms with Gasteiger partial charge in [0.1, 0.15) is 12.4 Å². The topological polar surface area (TPSA) is 64.4 Å². The second kappa shape index (κ2) is 3.67. The normalized spacial score (nSPS) is 18.7. The van der Waals surface area contributed by atoms with Crippen LogP contribution in [0.1, 0.15) is 11.6 Å². The number of para-hydroxylation sites is 1. The van der Waals surface area contributed by atoms with E-state index in [1.54, 1.807) is 0 Å². The molecule has 0 spiro atoms. The maximum atomic E-state index is 10.6. The van der Waals surface area contributed by atoms with Crippen LogP contribution in [0.25, 0.3) is 0 Å². The molecule has 0 bridgehead atoms. The molecule has 0 aromatic heterocycles.